The molecule has 1 atom stereocenters. The summed E-state index contributed by atoms with van der Waals surface area (Å²) < 4.78 is 64.9. The number of hydrogen-bond donors (Lipinski definition) is 1. The van der Waals surface area contributed by atoms with Gasteiger partial charge in [-0.05, 0) is 48.9 Å². The molecular weight excluding hydrogens is 414 g/mol. The van der Waals surface area contributed by atoms with Gasteiger partial charge in [0.15, 0.2) is 9.84 Å². The van der Waals surface area contributed by atoms with E-state index >= 15 is 0 Å². The molecule has 0 saturated carbocycles. The average molecular weight is 436 g/mol. The second-order valence-electron chi connectivity index (χ2n) is 6.37. The van der Waals surface area contributed by atoms with Crippen molar-refractivity contribution in [3.8, 4) is 5.75 Å². The molecule has 29 heavy (non-hydrogen) atoms. The average Bonchev–Trinajstić information content (AvgIpc) is 3.23. The zero-order valence-electron chi connectivity index (χ0n) is 15.9. The molecule has 0 saturated heterocycles. The van der Waals surface area contributed by atoms with Crippen LogP contribution >= 0.6 is 0 Å². The number of methoxy groups -OCH3 is 1. The summed E-state index contributed by atoms with van der Waals surface area (Å²) in [5.74, 6) is 0.316. The topological polar surface area (TPSA) is 103 Å². The Labute approximate surface area is 170 Å². The van der Waals surface area contributed by atoms with Gasteiger partial charge in [-0.3, -0.25) is 0 Å². The van der Waals surface area contributed by atoms with Gasteiger partial charge in [-0.25, -0.2) is 21.6 Å². The van der Waals surface area contributed by atoms with Crippen LogP contribution in [0.25, 0.3) is 0 Å². The van der Waals surface area contributed by atoms with E-state index in [2.05, 4.69) is 4.72 Å². The van der Waals surface area contributed by atoms with Gasteiger partial charge in [0.05, 0.1) is 18.3 Å². The summed E-state index contributed by atoms with van der Waals surface area (Å²) in [5, 5.41) is -1.23. The number of ether oxygens (including phenoxy) is 1. The fourth-order valence-corrected chi connectivity index (χ4v) is 5.88. The molecule has 0 amide bonds. The van der Waals surface area contributed by atoms with Crippen LogP contribution < -0.4 is 9.46 Å². The highest BCUT2D eigenvalue weighted by atomic mass is 32.2. The summed E-state index contributed by atoms with van der Waals surface area (Å²) in [6, 6.07) is 15.6. The third-order valence-electron chi connectivity index (χ3n) is 4.37. The molecule has 0 unspecified atom stereocenters. The van der Waals surface area contributed by atoms with Gasteiger partial charge in [0, 0.05) is 6.54 Å². The van der Waals surface area contributed by atoms with Crippen molar-refractivity contribution in [2.45, 2.75) is 22.0 Å². The molecular formula is C20H21NO6S2. The predicted octanol–water partition coefficient (Wildman–Crippen LogP) is 3.09. The van der Waals surface area contributed by atoms with Crippen LogP contribution in [-0.2, 0) is 19.9 Å². The lowest BCUT2D eigenvalue weighted by atomic mass is 10.2. The Morgan fingerprint density at radius 3 is 2.34 bits per heavy atom. The maximum atomic E-state index is 13.1. The molecule has 0 bridgehead atoms. The summed E-state index contributed by atoms with van der Waals surface area (Å²) in [4.78, 5) is 0.0176. The smallest absolute Gasteiger partial charge is 0.244 e. The lowest BCUT2D eigenvalue weighted by Gasteiger charge is -2.17. The summed E-state index contributed by atoms with van der Waals surface area (Å²) in [6.45, 7) is 1.36. The minimum atomic E-state index is -4.04. The van der Waals surface area contributed by atoms with Crippen LogP contribution in [0.15, 0.2) is 81.1 Å². The van der Waals surface area contributed by atoms with E-state index in [1.54, 1.807) is 43.3 Å². The Balaban J connectivity index is 1.96. The number of nitrogens with one attached hydrogen (secondary N) is 1. The number of furan rings is 1. The number of hydrogen-bond acceptors (Lipinski definition) is 6. The number of rotatable bonds is 8. The quantitative estimate of drug-likeness (QED) is 0.583. The van der Waals surface area contributed by atoms with Crippen molar-refractivity contribution in [3.05, 3.63) is 78.3 Å². The van der Waals surface area contributed by atoms with Gasteiger partial charge in [0.25, 0.3) is 0 Å². The SMILES string of the molecule is COc1ccc(C)cc1S(=O)(=O)NC[C@H](c1ccco1)S(=O)(=O)c1ccccc1. The molecule has 1 aromatic heterocycles. The summed E-state index contributed by atoms with van der Waals surface area (Å²) >= 11 is 0. The van der Waals surface area contributed by atoms with E-state index in [4.69, 9.17) is 9.15 Å². The van der Waals surface area contributed by atoms with E-state index in [1.807, 2.05) is 0 Å². The van der Waals surface area contributed by atoms with E-state index in [1.165, 1.54) is 37.6 Å². The normalized spacial score (nSPS) is 13.2. The molecule has 0 aliphatic carbocycles. The Hall–Kier alpha value is -2.62. The third kappa shape index (κ3) is 4.52. The third-order valence-corrected chi connectivity index (χ3v) is 7.90. The maximum Gasteiger partial charge on any atom is 0.244 e. The van der Waals surface area contributed by atoms with E-state index < -0.39 is 31.7 Å². The molecule has 3 rings (SSSR count). The van der Waals surface area contributed by atoms with Crippen LogP contribution in [-0.4, -0.2) is 30.5 Å². The first kappa shape index (κ1) is 21.1. The fourth-order valence-electron chi connectivity index (χ4n) is 2.87. The monoisotopic (exact) mass is 435 g/mol. The first-order valence-electron chi connectivity index (χ1n) is 8.72. The van der Waals surface area contributed by atoms with E-state index in [0.29, 0.717) is 0 Å². The lowest BCUT2D eigenvalue weighted by molar-refractivity contribution is 0.402. The minimum Gasteiger partial charge on any atom is -0.495 e. The number of benzene rings is 2. The minimum absolute atomic E-state index is 0.0599. The highest BCUT2D eigenvalue weighted by molar-refractivity contribution is 7.92. The molecule has 0 aliphatic rings. The Bertz CT molecular complexity index is 1170. The van der Waals surface area contributed by atoms with Gasteiger partial charge in [0.2, 0.25) is 10.0 Å². The second-order valence-corrected chi connectivity index (χ2v) is 10.2. The highest BCUT2D eigenvalue weighted by Gasteiger charge is 2.33. The lowest BCUT2D eigenvalue weighted by Crippen LogP contribution is -2.32. The Kier molecular flexibility index (Phi) is 6.11. The van der Waals surface area contributed by atoms with Crippen molar-refractivity contribution in [2.75, 3.05) is 13.7 Å². The van der Waals surface area contributed by atoms with Gasteiger partial charge in [0.1, 0.15) is 21.7 Å². The van der Waals surface area contributed by atoms with Gasteiger partial charge < -0.3 is 9.15 Å². The van der Waals surface area contributed by atoms with Crippen LogP contribution in [0.4, 0.5) is 0 Å². The van der Waals surface area contributed by atoms with Gasteiger partial charge in [-0.1, -0.05) is 24.3 Å². The molecule has 3 aromatic rings. The van der Waals surface area contributed by atoms with E-state index in [-0.39, 0.29) is 21.3 Å². The van der Waals surface area contributed by atoms with Crippen molar-refractivity contribution in [2.24, 2.45) is 0 Å². The Morgan fingerprint density at radius 1 is 1.00 bits per heavy atom. The number of aryl methyl sites for hydroxylation is 1. The zero-order valence-corrected chi connectivity index (χ0v) is 17.5. The molecule has 0 aliphatic heterocycles. The molecule has 0 radical (unpaired) electrons. The maximum absolute atomic E-state index is 13.1. The Morgan fingerprint density at radius 2 is 1.72 bits per heavy atom. The zero-order chi connectivity index (χ0) is 21.1. The fraction of sp³-hybridized carbons (Fsp3) is 0.200. The van der Waals surface area contributed by atoms with Crippen molar-refractivity contribution in [3.63, 3.8) is 0 Å². The van der Waals surface area contributed by atoms with Crippen LogP contribution in [0.1, 0.15) is 16.6 Å². The summed E-state index contributed by atoms with van der Waals surface area (Å²) in [6.07, 6.45) is 1.35. The van der Waals surface area contributed by atoms with E-state index in [9.17, 15) is 16.8 Å². The molecule has 0 spiro atoms. The van der Waals surface area contributed by atoms with E-state index in [0.717, 1.165) is 5.56 Å². The first-order valence-corrected chi connectivity index (χ1v) is 11.8. The highest BCUT2D eigenvalue weighted by Crippen LogP contribution is 2.30. The molecule has 9 heteroatoms. The number of sulfonamides is 1. The van der Waals surface area contributed by atoms with Crippen LogP contribution in [0.3, 0.4) is 0 Å². The number of sulfone groups is 1. The molecule has 0 fully saturated rings. The van der Waals surface area contributed by atoms with Crippen LogP contribution in [0.2, 0.25) is 0 Å². The molecule has 1 heterocycles. The largest absolute Gasteiger partial charge is 0.495 e. The van der Waals surface area contributed by atoms with Gasteiger partial charge >= 0.3 is 0 Å². The second kappa shape index (κ2) is 8.40. The van der Waals surface area contributed by atoms with Gasteiger partial charge in [-0.15, -0.1) is 0 Å². The van der Waals surface area contributed by atoms with Crippen LogP contribution in [0, 0.1) is 6.92 Å². The van der Waals surface area contributed by atoms with Gasteiger partial charge in [-0.2, -0.15) is 0 Å². The standard InChI is InChI=1S/C20H21NO6S2/c1-15-10-11-17(26-2)19(13-15)29(24,25)21-14-20(18-9-6-12-27-18)28(22,23)16-7-4-3-5-8-16/h3-13,20-21H,14H2,1-2H3/t20-/m1/s1. The molecule has 7 nitrogen and oxygen atoms in total. The van der Waals surface area contributed by atoms with Crippen LogP contribution in [0.5, 0.6) is 5.75 Å². The molecule has 1 N–H and O–H groups in total. The summed E-state index contributed by atoms with van der Waals surface area (Å²) in [7, 11) is -6.57. The molecule has 154 valence electrons. The van der Waals surface area contributed by atoms with Crippen molar-refractivity contribution in [1.29, 1.82) is 0 Å². The van der Waals surface area contributed by atoms with Crippen molar-refractivity contribution in [1.82, 2.24) is 4.72 Å². The van der Waals surface area contributed by atoms with Crippen molar-refractivity contribution < 1.29 is 26.0 Å². The van der Waals surface area contributed by atoms with Crippen molar-refractivity contribution >= 4 is 19.9 Å². The predicted molar refractivity (Wildman–Crippen MR) is 108 cm³/mol. The first-order chi connectivity index (χ1) is 13.8. The summed E-state index contributed by atoms with van der Waals surface area (Å²) in [5.41, 5.74) is 0.727. The molecule has 2 aromatic carbocycles.